The van der Waals surface area contributed by atoms with Crippen molar-refractivity contribution in [3.05, 3.63) is 95.7 Å². The lowest BCUT2D eigenvalue weighted by Gasteiger charge is -2.46. The summed E-state index contributed by atoms with van der Waals surface area (Å²) in [5.41, 5.74) is 3.16. The number of allylic oxidation sites excluding steroid dienone is 1. The molecule has 1 spiro atoms. The number of benzene rings is 2. The van der Waals surface area contributed by atoms with E-state index in [1.54, 1.807) is 36.1 Å². The highest BCUT2D eigenvalue weighted by Crippen LogP contribution is 2.47. The second kappa shape index (κ2) is 20.3. The Balaban J connectivity index is 1.20. The van der Waals surface area contributed by atoms with E-state index in [-0.39, 0.29) is 42.2 Å². The topological polar surface area (TPSA) is 143 Å². The number of rotatable bonds is 18. The van der Waals surface area contributed by atoms with E-state index in [2.05, 4.69) is 44.4 Å². The number of nitrogens with zero attached hydrogens (tertiary/aromatic N) is 4. The van der Waals surface area contributed by atoms with Gasteiger partial charge in [0.25, 0.3) is 11.8 Å². The number of carbonyl (C=O) groups is 2. The molecule has 4 aliphatic rings. The summed E-state index contributed by atoms with van der Waals surface area (Å²) in [7, 11) is -1.99. The molecule has 1 aromatic heterocycles. The largest absolute Gasteiger partial charge is 0.490 e. The molecule has 3 aromatic rings. The molecule has 1 N–H and O–H groups in total. The van der Waals surface area contributed by atoms with E-state index in [9.17, 15) is 13.8 Å². The summed E-state index contributed by atoms with van der Waals surface area (Å²) in [5.74, 6) is -0.235. The normalized spacial score (nSPS) is 23.2. The van der Waals surface area contributed by atoms with Crippen LogP contribution >= 0.6 is 11.6 Å². The van der Waals surface area contributed by atoms with Crippen LogP contribution in [0, 0.1) is 17.8 Å². The van der Waals surface area contributed by atoms with Crippen molar-refractivity contribution in [3.63, 3.8) is 0 Å². The lowest BCUT2D eigenvalue weighted by atomic mass is 9.68. The second-order valence-electron chi connectivity index (χ2n) is 16.8. The lowest BCUT2D eigenvalue weighted by Crippen LogP contribution is -2.49. The van der Waals surface area contributed by atoms with E-state index in [1.165, 1.54) is 11.1 Å². The van der Waals surface area contributed by atoms with Crippen LogP contribution in [0.25, 0.3) is 0 Å². The summed E-state index contributed by atoms with van der Waals surface area (Å²) in [4.78, 5) is 30.2. The summed E-state index contributed by atoms with van der Waals surface area (Å²) in [6, 6.07) is 13.2. The van der Waals surface area contributed by atoms with Crippen LogP contribution in [0.15, 0.2) is 78.3 Å². The van der Waals surface area contributed by atoms with Crippen LogP contribution in [0.5, 0.6) is 11.6 Å². The maximum Gasteiger partial charge on any atom is 0.286 e. The number of amides is 2. The molecule has 2 fully saturated rings. The molecule has 13 nitrogen and oxygen atoms in total. The van der Waals surface area contributed by atoms with Crippen molar-refractivity contribution in [1.82, 2.24) is 14.5 Å². The minimum absolute atomic E-state index is 0.0610. The second-order valence-corrected chi connectivity index (χ2v) is 19.2. The predicted molar refractivity (Wildman–Crippen MR) is 237 cm³/mol. The van der Waals surface area contributed by atoms with Gasteiger partial charge < -0.3 is 28.6 Å². The van der Waals surface area contributed by atoms with Gasteiger partial charge in [0.1, 0.15) is 22.3 Å². The van der Waals surface area contributed by atoms with Gasteiger partial charge in [0.2, 0.25) is 5.88 Å². The fourth-order valence-electron chi connectivity index (χ4n) is 9.30. The summed E-state index contributed by atoms with van der Waals surface area (Å²) in [6.07, 6.45) is 11.8. The monoisotopic (exact) mass is 877 g/mol. The molecule has 7 rings (SSSR count). The Morgan fingerprint density at radius 3 is 2.70 bits per heavy atom. The van der Waals surface area contributed by atoms with Gasteiger partial charge in [-0.15, -0.1) is 22.6 Å². The van der Waals surface area contributed by atoms with Crippen LogP contribution in [0.2, 0.25) is 5.02 Å². The molecule has 2 amide bonds. The minimum atomic E-state index is -3.71. The Morgan fingerprint density at radius 2 is 1.98 bits per heavy atom. The molecule has 2 aliphatic carbocycles. The molecule has 2 aliphatic heterocycles. The first-order valence-corrected chi connectivity index (χ1v) is 23.6. The fraction of sp³-hybridized carbons (Fsp3) is 0.543. The molecule has 1 saturated heterocycles. The lowest BCUT2D eigenvalue weighted by molar-refractivity contribution is -0.128. The highest BCUT2D eigenvalue weighted by molar-refractivity contribution is 7.92. The molecule has 1 saturated carbocycles. The number of hydrogen-bond donors (Lipinski definition) is 1. The average molecular weight is 879 g/mol. The third kappa shape index (κ3) is 10.9. The van der Waals surface area contributed by atoms with Gasteiger partial charge in [-0.1, -0.05) is 29.8 Å². The van der Waals surface area contributed by atoms with Gasteiger partial charge in [-0.05, 0) is 112 Å². The molecule has 0 bridgehead atoms. The third-order valence-corrected chi connectivity index (χ3v) is 14.8. The Labute approximate surface area is 365 Å². The number of aromatic nitrogens is 2. The first-order chi connectivity index (χ1) is 29.5. The van der Waals surface area contributed by atoms with Gasteiger partial charge in [-0.2, -0.15) is 0 Å². The quantitative estimate of drug-likeness (QED) is 0.129. The van der Waals surface area contributed by atoms with Crippen molar-refractivity contribution >= 4 is 39.0 Å². The zero-order chi connectivity index (χ0) is 43.0. The van der Waals surface area contributed by atoms with Crippen LogP contribution in [-0.2, 0) is 47.3 Å². The molecular formula is C46H60ClN5O8S. The fourth-order valence-corrected chi connectivity index (χ4v) is 11.4. The number of fused-ring (bicyclic) bond motifs is 3. The molecule has 2 aromatic carbocycles. The van der Waals surface area contributed by atoms with Crippen molar-refractivity contribution in [2.24, 2.45) is 22.1 Å². The van der Waals surface area contributed by atoms with Crippen molar-refractivity contribution in [1.29, 1.82) is 0 Å². The van der Waals surface area contributed by atoms with Crippen molar-refractivity contribution in [2.75, 3.05) is 63.9 Å². The van der Waals surface area contributed by atoms with Crippen LogP contribution in [0.1, 0.15) is 73.4 Å². The van der Waals surface area contributed by atoms with Crippen molar-refractivity contribution < 1.29 is 37.5 Å². The number of halogens is 1. The minimum Gasteiger partial charge on any atom is -0.490 e. The molecule has 330 valence electrons. The van der Waals surface area contributed by atoms with Crippen molar-refractivity contribution in [3.8, 4) is 11.6 Å². The number of carbonyl (C=O) groups excluding carboxylic acids is 2. The molecule has 15 heteroatoms. The molecule has 0 radical (unpaired) electrons. The number of anilines is 1. The number of aryl methyl sites for hydroxylation is 2. The highest BCUT2D eigenvalue weighted by Gasteiger charge is 2.44. The number of hydrogen-bond acceptors (Lipinski definition) is 10. The van der Waals surface area contributed by atoms with Crippen LogP contribution in [0.3, 0.4) is 0 Å². The van der Waals surface area contributed by atoms with Gasteiger partial charge in [-0.3, -0.25) is 19.0 Å². The molecular weight excluding hydrogens is 818 g/mol. The Bertz CT molecular complexity index is 2170. The SMILES string of the molecule is C=CC[C@H](COc1ccn(CC)n1)C[S@@](=O)(=NC(=O)c1ccc2c(c1)N(C[C@@H]1CC[C@H]1[C@H](C=C)OC)C[C@@]1(CCCc3cc(Cl)ccc31)CO2)NC(=O)COC1CCOCC1. The zero-order valence-corrected chi connectivity index (χ0v) is 37.0. The number of ether oxygens (including phenoxy) is 5. The molecule has 3 heterocycles. The summed E-state index contributed by atoms with van der Waals surface area (Å²) < 4.78 is 53.4. The smallest absolute Gasteiger partial charge is 0.286 e. The van der Waals surface area contributed by atoms with E-state index in [0.717, 1.165) is 42.8 Å². The Hall–Kier alpha value is -4.21. The first-order valence-electron chi connectivity index (χ1n) is 21.6. The average Bonchev–Trinajstić information content (AvgIpc) is 3.66. The van der Waals surface area contributed by atoms with Gasteiger partial charge in [0.05, 0.1) is 36.9 Å². The van der Waals surface area contributed by atoms with Gasteiger partial charge in [-0.25, -0.2) is 4.21 Å². The van der Waals surface area contributed by atoms with E-state index < -0.39 is 27.6 Å². The molecule has 6 atom stereocenters. The van der Waals surface area contributed by atoms with Gasteiger partial charge >= 0.3 is 0 Å². The van der Waals surface area contributed by atoms with Gasteiger partial charge in [0.15, 0.2) is 0 Å². The summed E-state index contributed by atoms with van der Waals surface area (Å²) >= 11 is 6.49. The Kier molecular flexibility index (Phi) is 14.9. The number of nitrogens with one attached hydrogen (secondary N) is 1. The summed E-state index contributed by atoms with van der Waals surface area (Å²) in [6.45, 7) is 13.3. The van der Waals surface area contributed by atoms with E-state index >= 15 is 0 Å². The van der Waals surface area contributed by atoms with Gasteiger partial charge in [0, 0.05) is 74.1 Å². The Morgan fingerprint density at radius 1 is 1.15 bits per heavy atom. The van der Waals surface area contributed by atoms with E-state index in [4.69, 9.17) is 35.3 Å². The molecule has 61 heavy (non-hydrogen) atoms. The van der Waals surface area contributed by atoms with Crippen molar-refractivity contribution in [2.45, 2.75) is 82.5 Å². The number of methoxy groups -OCH3 is 1. The van der Waals surface area contributed by atoms with Crippen LogP contribution in [0.4, 0.5) is 5.69 Å². The summed E-state index contributed by atoms with van der Waals surface area (Å²) in [5, 5.41) is 5.11. The highest BCUT2D eigenvalue weighted by atomic mass is 35.5. The first kappa shape index (κ1) is 44.8. The maximum absolute atomic E-state index is 14.9. The van der Waals surface area contributed by atoms with Crippen LogP contribution in [-0.4, -0.2) is 97.0 Å². The maximum atomic E-state index is 14.9. The van der Waals surface area contributed by atoms with Crippen LogP contribution < -0.4 is 19.1 Å². The third-order valence-electron chi connectivity index (χ3n) is 12.6. The predicted octanol–water partition coefficient (Wildman–Crippen LogP) is 7.36. The molecule has 0 unspecified atom stereocenters. The van der Waals surface area contributed by atoms with E-state index in [0.29, 0.717) is 82.2 Å². The van der Waals surface area contributed by atoms with E-state index in [1.807, 2.05) is 31.3 Å². The standard InChI is InChI=1S/C46H60ClN5O8S/c1-5-9-32(27-59-44-17-21-52(7-3)48-44)29-61(55,49-43(53)28-58-37-18-22-57-23-19-37)50-45(54)34-12-16-42-40(25-34)51(26-35-11-14-38(35)41(6-2)56-4)30-46(31-60-42)20-8-10-33-24-36(47)13-15-39(33)46/h5-6,12-13,15-17,21,24-25,32,35,37-38,41H,1-2,7-11,14,18-20,22-23,26-31H2,3-4H3,(H,49,50,53,54,55)/t32-,35+,38-,41+,46+,61+/m1/s1. The zero-order valence-electron chi connectivity index (χ0n) is 35.4.